The average Bonchev–Trinajstić information content (AvgIpc) is 2.71. The zero-order chi connectivity index (χ0) is 11.5. The monoisotopic (exact) mass is 234 g/mol. The minimum atomic E-state index is -0.947. The smallest absolute Gasteiger partial charge is 0.328 e. The fourth-order valence-electron chi connectivity index (χ4n) is 1.45. The second-order valence-electron chi connectivity index (χ2n) is 3.19. The molecule has 1 heterocycles. The van der Waals surface area contributed by atoms with Crippen molar-refractivity contribution in [3.63, 3.8) is 0 Å². The van der Waals surface area contributed by atoms with Crippen molar-refractivity contribution in [3.8, 4) is 0 Å². The first-order chi connectivity index (χ1) is 7.70. The molecule has 16 heavy (non-hydrogen) atoms. The van der Waals surface area contributed by atoms with E-state index in [9.17, 15) is 4.79 Å². The Balaban J connectivity index is 2.52. The van der Waals surface area contributed by atoms with Gasteiger partial charge in [-0.15, -0.1) is 11.8 Å². The zero-order valence-corrected chi connectivity index (χ0v) is 9.41. The Labute approximate surface area is 96.4 Å². The molecule has 1 aromatic heterocycles. The van der Waals surface area contributed by atoms with Crippen LogP contribution in [-0.2, 0) is 4.79 Å². The van der Waals surface area contributed by atoms with Gasteiger partial charge in [-0.2, -0.15) is 0 Å². The summed E-state index contributed by atoms with van der Waals surface area (Å²) in [5.74, 6) is -0.947. The van der Waals surface area contributed by atoms with E-state index in [0.717, 1.165) is 27.6 Å². The zero-order valence-electron chi connectivity index (χ0n) is 8.60. The standard InChI is InChI=1S/C11H10N2O2S/c1-16-10-5-9-8(12-6-13-9)4-7(10)2-3-11(14)15/h2-6H,1H3,(H,12,13)(H,14,15)/b3-2+. The molecule has 0 atom stereocenters. The Morgan fingerprint density at radius 2 is 2.38 bits per heavy atom. The fourth-order valence-corrected chi connectivity index (χ4v) is 2.04. The number of carboxylic acids is 1. The fraction of sp³-hybridized carbons (Fsp3) is 0.0909. The molecule has 82 valence electrons. The van der Waals surface area contributed by atoms with Gasteiger partial charge in [0.15, 0.2) is 0 Å². The van der Waals surface area contributed by atoms with Crippen LogP contribution in [0.2, 0.25) is 0 Å². The summed E-state index contributed by atoms with van der Waals surface area (Å²) >= 11 is 1.57. The Morgan fingerprint density at radius 1 is 1.56 bits per heavy atom. The second kappa shape index (κ2) is 4.40. The SMILES string of the molecule is CSc1cc2nc[nH]c2cc1/C=C/C(=O)O. The van der Waals surface area contributed by atoms with E-state index in [4.69, 9.17) is 5.11 Å². The van der Waals surface area contributed by atoms with Crippen LogP contribution in [0.1, 0.15) is 5.56 Å². The van der Waals surface area contributed by atoms with E-state index in [1.54, 1.807) is 24.2 Å². The predicted octanol–water partition coefficient (Wildman–Crippen LogP) is 2.38. The number of hydrogen-bond acceptors (Lipinski definition) is 3. The molecule has 1 aromatic carbocycles. The van der Waals surface area contributed by atoms with Gasteiger partial charge in [0.1, 0.15) is 0 Å². The van der Waals surface area contributed by atoms with E-state index in [-0.39, 0.29) is 0 Å². The first-order valence-corrected chi connectivity index (χ1v) is 5.85. The van der Waals surface area contributed by atoms with Crippen molar-refractivity contribution in [1.29, 1.82) is 0 Å². The maximum absolute atomic E-state index is 10.5. The molecule has 2 rings (SSSR count). The van der Waals surface area contributed by atoms with Gasteiger partial charge in [0.05, 0.1) is 17.4 Å². The van der Waals surface area contributed by atoms with Crippen LogP contribution in [0.4, 0.5) is 0 Å². The van der Waals surface area contributed by atoms with Crippen molar-refractivity contribution in [3.05, 3.63) is 30.1 Å². The number of carbonyl (C=O) groups is 1. The highest BCUT2D eigenvalue weighted by atomic mass is 32.2. The molecule has 0 amide bonds. The van der Waals surface area contributed by atoms with Gasteiger partial charge in [-0.3, -0.25) is 0 Å². The number of aromatic nitrogens is 2. The van der Waals surface area contributed by atoms with Gasteiger partial charge >= 0.3 is 5.97 Å². The van der Waals surface area contributed by atoms with Crippen LogP contribution in [0.3, 0.4) is 0 Å². The number of aromatic amines is 1. The molecule has 0 unspecified atom stereocenters. The number of H-pyrrole nitrogens is 1. The van der Waals surface area contributed by atoms with Gasteiger partial charge in [0, 0.05) is 11.0 Å². The van der Waals surface area contributed by atoms with Crippen molar-refractivity contribution < 1.29 is 9.90 Å². The van der Waals surface area contributed by atoms with E-state index < -0.39 is 5.97 Å². The maximum Gasteiger partial charge on any atom is 0.328 e. The number of imidazole rings is 1. The maximum atomic E-state index is 10.5. The quantitative estimate of drug-likeness (QED) is 0.632. The van der Waals surface area contributed by atoms with Crippen LogP contribution in [-0.4, -0.2) is 27.3 Å². The van der Waals surface area contributed by atoms with Crippen LogP contribution >= 0.6 is 11.8 Å². The van der Waals surface area contributed by atoms with Gasteiger partial charge in [-0.1, -0.05) is 0 Å². The number of nitrogens with one attached hydrogen (secondary N) is 1. The third-order valence-corrected chi connectivity index (χ3v) is 2.97. The van der Waals surface area contributed by atoms with Gasteiger partial charge in [0.25, 0.3) is 0 Å². The summed E-state index contributed by atoms with van der Waals surface area (Å²) in [6, 6.07) is 3.84. The molecule has 0 radical (unpaired) electrons. The molecule has 0 fully saturated rings. The number of rotatable bonds is 3. The molecular weight excluding hydrogens is 224 g/mol. The van der Waals surface area contributed by atoms with Gasteiger partial charge in [-0.05, 0) is 30.0 Å². The molecule has 0 aliphatic rings. The molecule has 0 aliphatic heterocycles. The lowest BCUT2D eigenvalue weighted by Gasteiger charge is -2.02. The molecule has 5 heteroatoms. The summed E-state index contributed by atoms with van der Waals surface area (Å²) in [5.41, 5.74) is 2.67. The number of aliphatic carboxylic acids is 1. The topological polar surface area (TPSA) is 66.0 Å². The summed E-state index contributed by atoms with van der Waals surface area (Å²) in [6.45, 7) is 0. The summed E-state index contributed by atoms with van der Waals surface area (Å²) < 4.78 is 0. The number of hydrogen-bond donors (Lipinski definition) is 2. The predicted molar refractivity (Wildman–Crippen MR) is 64.5 cm³/mol. The highest BCUT2D eigenvalue weighted by molar-refractivity contribution is 7.98. The van der Waals surface area contributed by atoms with Crippen molar-refractivity contribution in [2.24, 2.45) is 0 Å². The van der Waals surface area contributed by atoms with Crippen molar-refractivity contribution in [2.45, 2.75) is 4.90 Å². The molecular formula is C11H10N2O2S. The molecule has 2 N–H and O–H groups in total. The highest BCUT2D eigenvalue weighted by Gasteiger charge is 2.03. The molecule has 0 saturated carbocycles. The van der Waals surface area contributed by atoms with Crippen molar-refractivity contribution >= 4 is 34.8 Å². The third kappa shape index (κ3) is 2.09. The average molecular weight is 234 g/mol. The second-order valence-corrected chi connectivity index (χ2v) is 4.03. The molecule has 4 nitrogen and oxygen atoms in total. The van der Waals surface area contributed by atoms with Crippen molar-refractivity contribution in [2.75, 3.05) is 6.26 Å². The lowest BCUT2D eigenvalue weighted by Crippen LogP contribution is -1.87. The molecule has 0 spiro atoms. The first kappa shape index (κ1) is 10.8. The number of nitrogens with zero attached hydrogens (tertiary/aromatic N) is 1. The summed E-state index contributed by atoms with van der Waals surface area (Å²) in [6.07, 6.45) is 6.30. The van der Waals surface area contributed by atoms with E-state index in [1.165, 1.54) is 0 Å². The van der Waals surface area contributed by atoms with Crippen LogP contribution in [0.25, 0.3) is 17.1 Å². The lowest BCUT2D eigenvalue weighted by atomic mass is 10.2. The van der Waals surface area contributed by atoms with Gasteiger partial charge < -0.3 is 10.1 Å². The molecule has 0 aliphatic carbocycles. The largest absolute Gasteiger partial charge is 0.478 e. The molecule has 0 bridgehead atoms. The minimum Gasteiger partial charge on any atom is -0.478 e. The lowest BCUT2D eigenvalue weighted by molar-refractivity contribution is -0.131. The van der Waals surface area contributed by atoms with E-state index in [2.05, 4.69) is 9.97 Å². The number of thioether (sulfide) groups is 1. The Kier molecular flexibility index (Phi) is 2.96. The number of benzene rings is 1. The highest BCUT2D eigenvalue weighted by Crippen LogP contribution is 2.25. The van der Waals surface area contributed by atoms with Gasteiger partial charge in [0.2, 0.25) is 0 Å². The Hall–Kier alpha value is -1.75. The summed E-state index contributed by atoms with van der Waals surface area (Å²) in [4.78, 5) is 18.6. The number of carboxylic acid groups (broad SMARTS) is 1. The van der Waals surface area contributed by atoms with Crippen molar-refractivity contribution in [1.82, 2.24) is 9.97 Å². The summed E-state index contributed by atoms with van der Waals surface area (Å²) in [5, 5.41) is 8.60. The minimum absolute atomic E-state index is 0.881. The third-order valence-electron chi connectivity index (χ3n) is 2.18. The Bertz CT molecular complexity index is 560. The van der Waals surface area contributed by atoms with E-state index in [0.29, 0.717) is 0 Å². The molecule has 0 saturated heterocycles. The van der Waals surface area contributed by atoms with Crippen LogP contribution < -0.4 is 0 Å². The van der Waals surface area contributed by atoms with E-state index in [1.807, 2.05) is 18.4 Å². The normalized spacial score (nSPS) is 11.3. The number of fused-ring (bicyclic) bond motifs is 1. The van der Waals surface area contributed by atoms with Crippen LogP contribution in [0, 0.1) is 0 Å². The van der Waals surface area contributed by atoms with Crippen LogP contribution in [0.5, 0.6) is 0 Å². The molecule has 2 aromatic rings. The van der Waals surface area contributed by atoms with Gasteiger partial charge in [-0.25, -0.2) is 9.78 Å². The van der Waals surface area contributed by atoms with Crippen LogP contribution in [0.15, 0.2) is 29.4 Å². The Morgan fingerprint density at radius 3 is 3.06 bits per heavy atom. The summed E-state index contributed by atoms with van der Waals surface area (Å²) in [7, 11) is 0. The first-order valence-electron chi connectivity index (χ1n) is 4.63. The van der Waals surface area contributed by atoms with E-state index >= 15 is 0 Å².